The van der Waals surface area contributed by atoms with Crippen molar-refractivity contribution in [3.05, 3.63) is 12.2 Å². The van der Waals surface area contributed by atoms with Crippen LogP contribution in [0, 0.1) is 0 Å². The second-order valence-corrected chi connectivity index (χ2v) is 6.11. The third-order valence-electron chi connectivity index (χ3n) is 4.33. The summed E-state index contributed by atoms with van der Waals surface area (Å²) in [5.41, 5.74) is 0. The maximum absolute atomic E-state index is 5.93. The summed E-state index contributed by atoms with van der Waals surface area (Å²) in [5.74, 6) is 1.85. The second kappa shape index (κ2) is 11.0. The van der Waals surface area contributed by atoms with Gasteiger partial charge in [0.2, 0.25) is 0 Å². The predicted molar refractivity (Wildman–Crippen MR) is 97.6 cm³/mol. The number of aliphatic imine (C=N–C) groups is 1. The van der Waals surface area contributed by atoms with Crippen LogP contribution in [0.25, 0.3) is 0 Å². The topological polar surface area (TPSA) is 76.8 Å². The summed E-state index contributed by atoms with van der Waals surface area (Å²) < 4.78 is 13.0. The third-order valence-corrected chi connectivity index (χ3v) is 4.33. The Bertz CT molecular complexity index is 511. The molecule has 1 aliphatic rings. The van der Waals surface area contributed by atoms with Gasteiger partial charge in [0, 0.05) is 46.5 Å². The molecule has 1 aliphatic heterocycles. The first-order chi connectivity index (χ1) is 12.3. The standard InChI is InChI=1S/C17H32N6O2/c1-4-18-17(19-13-16-21-20-14-22(16)5-2)23-9-7-15(8-10-23)25-12-6-11-24-3/h14-15H,4-13H2,1-3H3,(H,18,19). The van der Waals surface area contributed by atoms with Gasteiger partial charge in [-0.1, -0.05) is 0 Å². The Morgan fingerprint density at radius 3 is 2.80 bits per heavy atom. The Balaban J connectivity index is 1.83. The number of piperidine rings is 1. The van der Waals surface area contributed by atoms with Crippen molar-refractivity contribution < 1.29 is 9.47 Å². The van der Waals surface area contributed by atoms with E-state index in [0.29, 0.717) is 12.6 Å². The zero-order chi connectivity index (χ0) is 17.9. The predicted octanol–water partition coefficient (Wildman–Crippen LogP) is 1.28. The molecule has 1 saturated heterocycles. The first-order valence-electron chi connectivity index (χ1n) is 9.28. The molecule has 0 bridgehead atoms. The fourth-order valence-electron chi connectivity index (χ4n) is 2.92. The summed E-state index contributed by atoms with van der Waals surface area (Å²) >= 11 is 0. The number of methoxy groups -OCH3 is 1. The van der Waals surface area contributed by atoms with Gasteiger partial charge in [-0.2, -0.15) is 0 Å². The molecule has 0 amide bonds. The molecule has 0 radical (unpaired) electrons. The summed E-state index contributed by atoms with van der Waals surface area (Å²) in [6.45, 7) is 9.89. The minimum Gasteiger partial charge on any atom is -0.385 e. The van der Waals surface area contributed by atoms with Crippen LogP contribution in [-0.4, -0.2) is 71.7 Å². The van der Waals surface area contributed by atoms with Crippen LogP contribution in [0.1, 0.15) is 38.9 Å². The highest BCUT2D eigenvalue weighted by molar-refractivity contribution is 5.80. The van der Waals surface area contributed by atoms with Gasteiger partial charge in [-0.25, -0.2) is 4.99 Å². The van der Waals surface area contributed by atoms with E-state index >= 15 is 0 Å². The molecule has 2 heterocycles. The summed E-state index contributed by atoms with van der Waals surface area (Å²) in [5, 5.41) is 11.5. The molecule has 0 atom stereocenters. The SMILES string of the molecule is CCNC(=NCc1nncn1CC)N1CCC(OCCCOC)CC1. The van der Waals surface area contributed by atoms with Crippen LogP contribution < -0.4 is 5.32 Å². The van der Waals surface area contributed by atoms with Gasteiger partial charge in [-0.05, 0) is 33.1 Å². The molecule has 8 nitrogen and oxygen atoms in total. The zero-order valence-electron chi connectivity index (χ0n) is 15.8. The lowest BCUT2D eigenvalue weighted by atomic mass is 10.1. The summed E-state index contributed by atoms with van der Waals surface area (Å²) in [6.07, 6.45) is 5.12. The van der Waals surface area contributed by atoms with Gasteiger partial charge in [0.25, 0.3) is 0 Å². The van der Waals surface area contributed by atoms with Gasteiger partial charge in [0.05, 0.1) is 6.10 Å². The van der Waals surface area contributed by atoms with Crippen molar-refractivity contribution in [3.8, 4) is 0 Å². The van der Waals surface area contributed by atoms with Crippen molar-refractivity contribution in [2.24, 2.45) is 4.99 Å². The van der Waals surface area contributed by atoms with Gasteiger partial charge >= 0.3 is 0 Å². The molecule has 2 rings (SSSR count). The van der Waals surface area contributed by atoms with Crippen LogP contribution in [0.5, 0.6) is 0 Å². The largest absolute Gasteiger partial charge is 0.385 e. The number of hydrogen-bond donors (Lipinski definition) is 1. The molecule has 0 aromatic carbocycles. The van der Waals surface area contributed by atoms with E-state index in [9.17, 15) is 0 Å². The van der Waals surface area contributed by atoms with E-state index < -0.39 is 0 Å². The molecule has 0 aliphatic carbocycles. The van der Waals surface area contributed by atoms with Gasteiger partial charge in [0.1, 0.15) is 12.9 Å². The lowest BCUT2D eigenvalue weighted by Crippen LogP contribution is -2.47. The minimum absolute atomic E-state index is 0.346. The highest BCUT2D eigenvalue weighted by Crippen LogP contribution is 2.14. The Hall–Kier alpha value is -1.67. The number of aryl methyl sites for hydroxylation is 1. The minimum atomic E-state index is 0.346. The van der Waals surface area contributed by atoms with E-state index in [2.05, 4.69) is 34.3 Å². The molecule has 1 N–H and O–H groups in total. The average molecular weight is 352 g/mol. The van der Waals surface area contributed by atoms with Crippen LogP contribution in [0.15, 0.2) is 11.3 Å². The molecular weight excluding hydrogens is 320 g/mol. The van der Waals surface area contributed by atoms with Crippen LogP contribution in [-0.2, 0) is 22.6 Å². The summed E-state index contributed by atoms with van der Waals surface area (Å²) in [7, 11) is 1.73. The maximum Gasteiger partial charge on any atom is 0.194 e. The number of aromatic nitrogens is 3. The van der Waals surface area contributed by atoms with Crippen molar-refractivity contribution in [2.45, 2.75) is 52.3 Å². The van der Waals surface area contributed by atoms with Gasteiger partial charge in [-0.3, -0.25) is 0 Å². The van der Waals surface area contributed by atoms with Gasteiger partial charge < -0.3 is 24.3 Å². The molecule has 8 heteroatoms. The molecule has 0 unspecified atom stereocenters. The molecule has 0 saturated carbocycles. The number of hydrogen-bond acceptors (Lipinski definition) is 5. The average Bonchev–Trinajstić information content (AvgIpc) is 3.10. The number of nitrogens with one attached hydrogen (secondary N) is 1. The number of rotatable bonds is 9. The first-order valence-corrected chi connectivity index (χ1v) is 9.28. The fourth-order valence-corrected chi connectivity index (χ4v) is 2.92. The molecule has 1 aromatic heterocycles. The van der Waals surface area contributed by atoms with E-state index in [-0.39, 0.29) is 0 Å². The Labute approximate surface area is 150 Å². The molecule has 0 spiro atoms. The van der Waals surface area contributed by atoms with Crippen LogP contribution in [0.3, 0.4) is 0 Å². The summed E-state index contributed by atoms with van der Waals surface area (Å²) in [6, 6.07) is 0. The lowest BCUT2D eigenvalue weighted by Gasteiger charge is -2.34. The van der Waals surface area contributed by atoms with Crippen LogP contribution in [0.2, 0.25) is 0 Å². The van der Waals surface area contributed by atoms with Crippen LogP contribution in [0.4, 0.5) is 0 Å². The normalized spacial score (nSPS) is 16.4. The van der Waals surface area contributed by atoms with Gasteiger partial charge in [-0.15, -0.1) is 10.2 Å². The van der Waals surface area contributed by atoms with Crippen LogP contribution >= 0.6 is 0 Å². The van der Waals surface area contributed by atoms with E-state index in [1.54, 1.807) is 13.4 Å². The number of guanidine groups is 1. The maximum atomic E-state index is 5.93. The third kappa shape index (κ3) is 6.28. The Morgan fingerprint density at radius 1 is 1.32 bits per heavy atom. The van der Waals surface area contributed by atoms with E-state index in [1.807, 2.05) is 4.57 Å². The molecule has 25 heavy (non-hydrogen) atoms. The number of ether oxygens (including phenoxy) is 2. The van der Waals surface area contributed by atoms with Crippen molar-refractivity contribution in [3.63, 3.8) is 0 Å². The molecule has 1 aromatic rings. The van der Waals surface area contributed by atoms with E-state index in [4.69, 9.17) is 14.5 Å². The van der Waals surface area contributed by atoms with Crippen molar-refractivity contribution in [1.82, 2.24) is 25.0 Å². The van der Waals surface area contributed by atoms with Crippen molar-refractivity contribution >= 4 is 5.96 Å². The first kappa shape index (κ1) is 19.7. The number of nitrogens with zero attached hydrogens (tertiary/aromatic N) is 5. The van der Waals surface area contributed by atoms with E-state index in [0.717, 1.165) is 70.4 Å². The quantitative estimate of drug-likeness (QED) is 0.410. The van der Waals surface area contributed by atoms with E-state index in [1.165, 1.54) is 0 Å². The Morgan fingerprint density at radius 2 is 2.12 bits per heavy atom. The van der Waals surface area contributed by atoms with Crippen molar-refractivity contribution in [1.29, 1.82) is 0 Å². The highest BCUT2D eigenvalue weighted by Gasteiger charge is 2.22. The molecule has 1 fully saturated rings. The van der Waals surface area contributed by atoms with Gasteiger partial charge in [0.15, 0.2) is 11.8 Å². The highest BCUT2D eigenvalue weighted by atomic mass is 16.5. The van der Waals surface area contributed by atoms with Crippen molar-refractivity contribution in [2.75, 3.05) is 40.0 Å². The Kier molecular flexibility index (Phi) is 8.68. The molecule has 142 valence electrons. The monoisotopic (exact) mass is 352 g/mol. The zero-order valence-corrected chi connectivity index (χ0v) is 15.8. The fraction of sp³-hybridized carbons (Fsp3) is 0.824. The second-order valence-electron chi connectivity index (χ2n) is 6.11. The molecular formula is C17H32N6O2. The summed E-state index contributed by atoms with van der Waals surface area (Å²) in [4.78, 5) is 7.06. The number of likely N-dealkylation sites (tertiary alicyclic amines) is 1. The smallest absolute Gasteiger partial charge is 0.194 e. The lowest BCUT2D eigenvalue weighted by molar-refractivity contribution is 0.00990.